The number of hydrogen-bond acceptors (Lipinski definition) is 6. The van der Waals surface area contributed by atoms with Gasteiger partial charge in [0.05, 0.1) is 24.8 Å². The van der Waals surface area contributed by atoms with Crippen molar-refractivity contribution in [3.05, 3.63) is 82.2 Å². The second-order valence-electron chi connectivity index (χ2n) is 5.91. The first kappa shape index (κ1) is 20.0. The predicted molar refractivity (Wildman–Crippen MR) is 114 cm³/mol. The summed E-state index contributed by atoms with van der Waals surface area (Å²) >= 11 is 5.20. The molecule has 0 aliphatic heterocycles. The van der Waals surface area contributed by atoms with E-state index in [9.17, 15) is 10.1 Å². The molecule has 0 aliphatic carbocycles. The SMILES string of the molecule is COc1ccc(/C=N\NC(=S)Nc2ccccc2)cc1Cn1cc([N+](=O)[O-])cn1. The summed E-state index contributed by atoms with van der Waals surface area (Å²) in [5.41, 5.74) is 5.16. The average molecular weight is 410 g/mol. The largest absolute Gasteiger partial charge is 0.496 e. The van der Waals surface area contributed by atoms with Crippen molar-refractivity contribution in [2.45, 2.75) is 6.54 Å². The summed E-state index contributed by atoms with van der Waals surface area (Å²) in [6, 6.07) is 15.0. The molecule has 3 aromatic rings. The van der Waals surface area contributed by atoms with Crippen LogP contribution in [0.25, 0.3) is 0 Å². The number of hydrazone groups is 1. The molecule has 2 aromatic carbocycles. The van der Waals surface area contributed by atoms with Crippen molar-refractivity contribution >= 4 is 34.9 Å². The van der Waals surface area contributed by atoms with Crippen LogP contribution in [0.2, 0.25) is 0 Å². The maximum Gasteiger partial charge on any atom is 0.307 e. The molecular formula is C19H18N6O3S. The Labute approximate surface area is 172 Å². The monoisotopic (exact) mass is 410 g/mol. The number of thiocarbonyl (C=S) groups is 1. The fraction of sp³-hybridized carbons (Fsp3) is 0.105. The van der Waals surface area contributed by atoms with Crippen LogP contribution in [0.4, 0.5) is 11.4 Å². The first-order valence-corrected chi connectivity index (χ1v) is 8.95. The highest BCUT2D eigenvalue weighted by atomic mass is 32.1. The van der Waals surface area contributed by atoms with E-state index in [4.69, 9.17) is 17.0 Å². The zero-order chi connectivity index (χ0) is 20.6. The lowest BCUT2D eigenvalue weighted by atomic mass is 10.1. The standard InChI is InChI=1S/C19H18N6O3S/c1-28-18-8-7-14(9-15(18)12-24-13-17(11-21-24)25(26)27)10-20-23-19(29)22-16-5-3-2-4-6-16/h2-11,13H,12H2,1H3,(H2,22,23,29)/b20-10-. The van der Waals surface area contributed by atoms with E-state index in [2.05, 4.69) is 20.9 Å². The zero-order valence-electron chi connectivity index (χ0n) is 15.5. The number of methoxy groups -OCH3 is 1. The fourth-order valence-electron chi connectivity index (χ4n) is 2.56. The molecular weight excluding hydrogens is 392 g/mol. The summed E-state index contributed by atoms with van der Waals surface area (Å²) in [6.45, 7) is 0.320. The highest BCUT2D eigenvalue weighted by molar-refractivity contribution is 7.80. The van der Waals surface area contributed by atoms with Gasteiger partial charge in [0.15, 0.2) is 5.11 Å². The number of anilines is 1. The van der Waals surface area contributed by atoms with E-state index in [0.717, 1.165) is 16.8 Å². The molecule has 0 spiro atoms. The molecule has 3 rings (SSSR count). The number of nitro groups is 1. The van der Waals surface area contributed by atoms with Gasteiger partial charge in [-0.1, -0.05) is 18.2 Å². The molecule has 1 heterocycles. The van der Waals surface area contributed by atoms with E-state index in [0.29, 0.717) is 17.4 Å². The third-order valence-electron chi connectivity index (χ3n) is 3.88. The summed E-state index contributed by atoms with van der Waals surface area (Å²) in [4.78, 5) is 10.3. The van der Waals surface area contributed by atoms with Crippen LogP contribution in [-0.2, 0) is 6.54 Å². The minimum Gasteiger partial charge on any atom is -0.496 e. The Hall–Kier alpha value is -3.79. The van der Waals surface area contributed by atoms with Crippen molar-refractivity contribution in [3.8, 4) is 5.75 Å². The summed E-state index contributed by atoms with van der Waals surface area (Å²) in [5.74, 6) is 0.648. The van der Waals surface area contributed by atoms with Gasteiger partial charge in [0.1, 0.15) is 18.1 Å². The van der Waals surface area contributed by atoms with E-state index in [1.165, 1.54) is 17.1 Å². The zero-order valence-corrected chi connectivity index (χ0v) is 16.3. The van der Waals surface area contributed by atoms with Crippen LogP contribution in [0.3, 0.4) is 0 Å². The van der Waals surface area contributed by atoms with Gasteiger partial charge in [-0.3, -0.25) is 20.2 Å². The van der Waals surface area contributed by atoms with Crippen LogP contribution < -0.4 is 15.5 Å². The number of benzene rings is 2. The molecule has 0 unspecified atom stereocenters. The van der Waals surface area contributed by atoms with Gasteiger partial charge in [0.2, 0.25) is 0 Å². The minimum atomic E-state index is -0.484. The second kappa shape index (κ2) is 9.42. The number of nitrogens with zero attached hydrogens (tertiary/aromatic N) is 4. The molecule has 9 nitrogen and oxygen atoms in total. The molecule has 148 valence electrons. The van der Waals surface area contributed by atoms with Gasteiger partial charge in [0, 0.05) is 11.3 Å². The molecule has 0 aliphatic rings. The number of aromatic nitrogens is 2. The minimum absolute atomic E-state index is 0.0645. The van der Waals surface area contributed by atoms with Gasteiger partial charge in [-0.15, -0.1) is 0 Å². The van der Waals surface area contributed by atoms with Crippen LogP contribution in [0.5, 0.6) is 5.75 Å². The van der Waals surface area contributed by atoms with Crippen LogP contribution >= 0.6 is 12.2 Å². The van der Waals surface area contributed by atoms with Gasteiger partial charge in [-0.25, -0.2) is 0 Å². The fourth-order valence-corrected chi connectivity index (χ4v) is 2.73. The van der Waals surface area contributed by atoms with Crippen molar-refractivity contribution in [1.82, 2.24) is 15.2 Å². The Morgan fingerprint density at radius 2 is 2.14 bits per heavy atom. The Morgan fingerprint density at radius 1 is 1.34 bits per heavy atom. The van der Waals surface area contributed by atoms with E-state index in [1.807, 2.05) is 42.5 Å². The number of nitrogens with one attached hydrogen (secondary N) is 2. The second-order valence-corrected chi connectivity index (χ2v) is 6.32. The molecule has 0 saturated carbocycles. The third-order valence-corrected chi connectivity index (χ3v) is 4.07. The lowest BCUT2D eigenvalue weighted by molar-refractivity contribution is -0.385. The normalized spacial score (nSPS) is 10.7. The lowest BCUT2D eigenvalue weighted by Gasteiger charge is -2.09. The third kappa shape index (κ3) is 5.59. The van der Waals surface area contributed by atoms with E-state index in [1.54, 1.807) is 19.4 Å². The first-order valence-electron chi connectivity index (χ1n) is 8.54. The van der Waals surface area contributed by atoms with E-state index >= 15 is 0 Å². The molecule has 0 amide bonds. The molecule has 1 aromatic heterocycles. The molecule has 0 atom stereocenters. The van der Waals surface area contributed by atoms with Crippen LogP contribution in [0.1, 0.15) is 11.1 Å². The molecule has 0 saturated heterocycles. The number of ether oxygens (including phenoxy) is 1. The Kier molecular flexibility index (Phi) is 6.48. The summed E-state index contributed by atoms with van der Waals surface area (Å²) in [5, 5.41) is 22.4. The van der Waals surface area contributed by atoms with Crippen LogP contribution in [0, 0.1) is 10.1 Å². The van der Waals surface area contributed by atoms with Crippen molar-refractivity contribution in [1.29, 1.82) is 0 Å². The van der Waals surface area contributed by atoms with Gasteiger partial charge >= 0.3 is 5.69 Å². The van der Waals surface area contributed by atoms with E-state index in [-0.39, 0.29) is 5.69 Å². The van der Waals surface area contributed by atoms with Gasteiger partial charge < -0.3 is 10.1 Å². The maximum absolute atomic E-state index is 10.8. The van der Waals surface area contributed by atoms with Crippen molar-refractivity contribution in [2.24, 2.45) is 5.10 Å². The van der Waals surface area contributed by atoms with Crippen molar-refractivity contribution in [2.75, 3.05) is 12.4 Å². The number of hydrogen-bond donors (Lipinski definition) is 2. The summed E-state index contributed by atoms with van der Waals surface area (Å²) in [6.07, 6.45) is 4.20. The molecule has 0 bridgehead atoms. The highest BCUT2D eigenvalue weighted by Crippen LogP contribution is 2.21. The van der Waals surface area contributed by atoms with Crippen molar-refractivity contribution < 1.29 is 9.66 Å². The van der Waals surface area contributed by atoms with Crippen molar-refractivity contribution in [3.63, 3.8) is 0 Å². The van der Waals surface area contributed by atoms with Gasteiger partial charge in [0.25, 0.3) is 0 Å². The van der Waals surface area contributed by atoms with E-state index < -0.39 is 4.92 Å². The molecule has 0 radical (unpaired) electrons. The number of rotatable bonds is 7. The quantitative estimate of drug-likeness (QED) is 0.267. The predicted octanol–water partition coefficient (Wildman–Crippen LogP) is 3.17. The Bertz CT molecular complexity index is 1040. The maximum atomic E-state index is 10.8. The average Bonchev–Trinajstić information content (AvgIpc) is 3.18. The molecule has 29 heavy (non-hydrogen) atoms. The van der Waals surface area contributed by atoms with Crippen LogP contribution in [-0.4, -0.2) is 33.1 Å². The first-order chi connectivity index (χ1) is 14.0. The summed E-state index contributed by atoms with van der Waals surface area (Å²) in [7, 11) is 1.56. The topological polar surface area (TPSA) is 107 Å². The molecule has 10 heteroatoms. The van der Waals surface area contributed by atoms with Gasteiger partial charge in [-0.2, -0.15) is 10.2 Å². The lowest BCUT2D eigenvalue weighted by Crippen LogP contribution is -2.23. The highest BCUT2D eigenvalue weighted by Gasteiger charge is 2.11. The Morgan fingerprint density at radius 3 is 2.83 bits per heavy atom. The smallest absolute Gasteiger partial charge is 0.307 e. The van der Waals surface area contributed by atoms with Gasteiger partial charge in [-0.05, 0) is 48.1 Å². The molecule has 2 N–H and O–H groups in total. The summed E-state index contributed by atoms with van der Waals surface area (Å²) < 4.78 is 6.85. The Balaban J connectivity index is 1.66. The van der Waals surface area contributed by atoms with Crippen LogP contribution in [0.15, 0.2) is 66.0 Å². The number of para-hydroxylation sites is 1. The molecule has 0 fully saturated rings.